The summed E-state index contributed by atoms with van der Waals surface area (Å²) in [5, 5.41) is 8.30. The fourth-order valence-corrected chi connectivity index (χ4v) is 4.18. The van der Waals surface area contributed by atoms with Crippen LogP contribution in [-0.2, 0) is 4.79 Å². The minimum Gasteiger partial charge on any atom is -0.457 e. The molecule has 0 aliphatic rings. The van der Waals surface area contributed by atoms with E-state index < -0.39 is 0 Å². The first-order valence-corrected chi connectivity index (χ1v) is 11.2. The third kappa shape index (κ3) is 4.49. The quantitative estimate of drug-likeness (QED) is 0.278. The van der Waals surface area contributed by atoms with Gasteiger partial charge in [-0.05, 0) is 59.3 Å². The van der Waals surface area contributed by atoms with Crippen molar-refractivity contribution in [1.29, 1.82) is 0 Å². The zero-order valence-electron chi connectivity index (χ0n) is 16.8. The number of furan rings is 1. The molecule has 0 saturated heterocycles. The number of aromatic nitrogens is 1. The first kappa shape index (κ1) is 20.2. The summed E-state index contributed by atoms with van der Waals surface area (Å²) in [5.74, 6) is 1.02. The molecule has 4 nitrogen and oxygen atoms in total. The molecule has 0 atom stereocenters. The maximum Gasteiger partial charge on any atom is 0.250 e. The van der Waals surface area contributed by atoms with Gasteiger partial charge in [-0.1, -0.05) is 48.0 Å². The lowest BCUT2D eigenvalue weighted by atomic mass is 10.1. The Labute approximate surface area is 193 Å². The normalized spacial score (nSPS) is 11.3. The van der Waals surface area contributed by atoms with Gasteiger partial charge < -0.3 is 4.42 Å². The molecule has 2 heterocycles. The fourth-order valence-electron chi connectivity index (χ4n) is 3.33. The number of halogens is 1. The molecular weight excluding hydrogens is 440 g/mol. The van der Waals surface area contributed by atoms with Gasteiger partial charge in [0.15, 0.2) is 5.13 Å². The highest BCUT2D eigenvalue weighted by Gasteiger charge is 2.08. The van der Waals surface area contributed by atoms with Gasteiger partial charge in [-0.2, -0.15) is 0 Å². The zero-order valence-corrected chi connectivity index (χ0v) is 18.4. The van der Waals surface area contributed by atoms with Gasteiger partial charge in [-0.25, -0.2) is 4.98 Å². The smallest absolute Gasteiger partial charge is 0.250 e. The van der Waals surface area contributed by atoms with Crippen molar-refractivity contribution < 1.29 is 9.21 Å². The third-order valence-corrected chi connectivity index (χ3v) is 5.94. The average Bonchev–Trinajstić information content (AvgIpc) is 3.48. The average molecular weight is 457 g/mol. The second kappa shape index (κ2) is 8.83. The number of benzene rings is 3. The van der Waals surface area contributed by atoms with Crippen LogP contribution in [0.3, 0.4) is 0 Å². The Balaban J connectivity index is 1.25. The summed E-state index contributed by atoms with van der Waals surface area (Å²) in [6, 6.07) is 25.5. The number of thiazole rings is 1. The van der Waals surface area contributed by atoms with Crippen LogP contribution in [-0.4, -0.2) is 10.9 Å². The van der Waals surface area contributed by atoms with E-state index in [1.165, 1.54) is 22.8 Å². The van der Waals surface area contributed by atoms with Gasteiger partial charge in [-0.3, -0.25) is 10.1 Å². The Morgan fingerprint density at radius 1 is 0.938 bits per heavy atom. The molecule has 0 spiro atoms. The van der Waals surface area contributed by atoms with Crippen LogP contribution in [0.15, 0.2) is 94.7 Å². The molecular formula is C26H17ClN2O2S. The molecule has 3 aromatic carbocycles. The Hall–Kier alpha value is -3.67. The standard InChI is InChI=1S/C26H17ClN2O2S/c27-21-9-7-18(8-10-21)24-13-11-22(31-24)12-14-25(30)29-26-28-23(16-32-26)20-6-5-17-3-1-2-4-19(17)15-20/h1-16H,(H,28,29,30). The Kier molecular flexibility index (Phi) is 5.58. The molecule has 0 aliphatic heterocycles. The summed E-state index contributed by atoms with van der Waals surface area (Å²) >= 11 is 7.32. The van der Waals surface area contributed by atoms with Gasteiger partial charge >= 0.3 is 0 Å². The first-order valence-electron chi connectivity index (χ1n) is 9.94. The predicted molar refractivity (Wildman–Crippen MR) is 132 cm³/mol. The minimum atomic E-state index is -0.270. The number of amides is 1. The fraction of sp³-hybridized carbons (Fsp3) is 0. The lowest BCUT2D eigenvalue weighted by molar-refractivity contribution is -0.111. The second-order valence-electron chi connectivity index (χ2n) is 7.13. The number of fused-ring (bicyclic) bond motifs is 1. The molecule has 0 fully saturated rings. The molecule has 5 rings (SSSR count). The van der Waals surface area contributed by atoms with Crippen molar-refractivity contribution in [2.24, 2.45) is 0 Å². The maximum absolute atomic E-state index is 12.3. The molecule has 1 amide bonds. The minimum absolute atomic E-state index is 0.270. The van der Waals surface area contributed by atoms with Crippen molar-refractivity contribution >= 4 is 50.8 Å². The maximum atomic E-state index is 12.3. The Morgan fingerprint density at radius 2 is 1.72 bits per heavy atom. The van der Waals surface area contributed by atoms with Crippen LogP contribution in [0, 0.1) is 0 Å². The van der Waals surface area contributed by atoms with Crippen LogP contribution >= 0.6 is 22.9 Å². The number of anilines is 1. The first-order chi connectivity index (χ1) is 15.6. The summed E-state index contributed by atoms with van der Waals surface area (Å²) in [7, 11) is 0. The van der Waals surface area contributed by atoms with Crippen LogP contribution in [0.25, 0.3) is 39.4 Å². The van der Waals surface area contributed by atoms with Gasteiger partial charge in [0.2, 0.25) is 5.91 Å². The second-order valence-corrected chi connectivity index (χ2v) is 8.43. The molecule has 2 aromatic heterocycles. The Morgan fingerprint density at radius 3 is 2.56 bits per heavy atom. The van der Waals surface area contributed by atoms with E-state index in [0.29, 0.717) is 21.7 Å². The number of hydrogen-bond donors (Lipinski definition) is 1. The van der Waals surface area contributed by atoms with E-state index in [1.54, 1.807) is 6.08 Å². The topological polar surface area (TPSA) is 55.1 Å². The third-order valence-electron chi connectivity index (χ3n) is 4.93. The molecule has 0 aliphatic carbocycles. The largest absolute Gasteiger partial charge is 0.457 e. The van der Waals surface area contributed by atoms with Crippen LogP contribution in [0.2, 0.25) is 5.02 Å². The van der Waals surface area contributed by atoms with E-state index in [1.807, 2.05) is 60.0 Å². The summed E-state index contributed by atoms with van der Waals surface area (Å²) in [6.07, 6.45) is 3.06. The van der Waals surface area contributed by atoms with Crippen molar-refractivity contribution in [3.8, 4) is 22.6 Å². The summed E-state index contributed by atoms with van der Waals surface area (Å²) < 4.78 is 5.78. The highest BCUT2D eigenvalue weighted by molar-refractivity contribution is 7.14. The number of nitrogens with zero attached hydrogens (tertiary/aromatic N) is 1. The Bertz CT molecular complexity index is 1430. The molecule has 0 unspecified atom stereocenters. The van der Waals surface area contributed by atoms with Crippen molar-refractivity contribution in [2.75, 3.05) is 5.32 Å². The van der Waals surface area contributed by atoms with E-state index >= 15 is 0 Å². The number of carbonyl (C=O) groups excluding carboxylic acids is 1. The molecule has 0 saturated carbocycles. The molecule has 6 heteroatoms. The number of nitrogens with one attached hydrogen (secondary N) is 1. The van der Waals surface area contributed by atoms with Crippen molar-refractivity contribution in [2.45, 2.75) is 0 Å². The van der Waals surface area contributed by atoms with Gasteiger partial charge in [0.25, 0.3) is 0 Å². The van der Waals surface area contributed by atoms with Gasteiger partial charge in [0.05, 0.1) is 5.69 Å². The van der Waals surface area contributed by atoms with Gasteiger partial charge in [-0.15, -0.1) is 11.3 Å². The summed E-state index contributed by atoms with van der Waals surface area (Å²) in [6.45, 7) is 0. The van der Waals surface area contributed by atoms with Crippen molar-refractivity contribution in [1.82, 2.24) is 4.98 Å². The van der Waals surface area contributed by atoms with E-state index in [2.05, 4.69) is 34.6 Å². The molecule has 0 radical (unpaired) electrons. The van der Waals surface area contributed by atoms with Gasteiger partial charge in [0.1, 0.15) is 11.5 Å². The molecule has 0 bridgehead atoms. The molecule has 156 valence electrons. The SMILES string of the molecule is O=C(C=Cc1ccc(-c2ccc(Cl)cc2)o1)Nc1nc(-c2ccc3ccccc3c2)cs1. The van der Waals surface area contributed by atoms with Gasteiger partial charge in [0, 0.05) is 27.6 Å². The molecule has 5 aromatic rings. The number of rotatable bonds is 5. The van der Waals surface area contributed by atoms with E-state index in [4.69, 9.17) is 16.0 Å². The number of carbonyl (C=O) groups is 1. The zero-order chi connectivity index (χ0) is 21.9. The monoisotopic (exact) mass is 456 g/mol. The lowest BCUT2D eigenvalue weighted by Crippen LogP contribution is -2.07. The van der Waals surface area contributed by atoms with Crippen molar-refractivity contribution in [3.63, 3.8) is 0 Å². The van der Waals surface area contributed by atoms with E-state index in [0.717, 1.165) is 22.2 Å². The lowest BCUT2D eigenvalue weighted by Gasteiger charge is -2.01. The van der Waals surface area contributed by atoms with Crippen molar-refractivity contribution in [3.05, 3.63) is 101 Å². The predicted octanol–water partition coefficient (Wildman–Crippen LogP) is 7.53. The van der Waals surface area contributed by atoms with Crippen LogP contribution in [0.4, 0.5) is 5.13 Å². The number of hydrogen-bond acceptors (Lipinski definition) is 4. The van der Waals surface area contributed by atoms with Crippen LogP contribution in [0.5, 0.6) is 0 Å². The summed E-state index contributed by atoms with van der Waals surface area (Å²) in [4.78, 5) is 16.9. The van der Waals surface area contributed by atoms with E-state index in [9.17, 15) is 4.79 Å². The highest BCUT2D eigenvalue weighted by Crippen LogP contribution is 2.28. The van der Waals surface area contributed by atoms with E-state index in [-0.39, 0.29) is 5.91 Å². The highest BCUT2D eigenvalue weighted by atomic mass is 35.5. The molecule has 1 N–H and O–H groups in total. The summed E-state index contributed by atoms with van der Waals surface area (Å²) in [5.41, 5.74) is 2.77. The van der Waals surface area contributed by atoms with Crippen LogP contribution < -0.4 is 5.32 Å². The van der Waals surface area contributed by atoms with Crippen LogP contribution in [0.1, 0.15) is 5.76 Å². The molecule has 32 heavy (non-hydrogen) atoms.